The van der Waals surface area contributed by atoms with Gasteiger partial charge in [-0.2, -0.15) is 9.90 Å². The summed E-state index contributed by atoms with van der Waals surface area (Å²) in [5.74, 6) is -0.347. The van der Waals surface area contributed by atoms with Gasteiger partial charge in [-0.1, -0.05) is 34.1 Å². The molecule has 1 heterocycles. The van der Waals surface area contributed by atoms with E-state index < -0.39 is 5.97 Å². The lowest BCUT2D eigenvalue weighted by Gasteiger charge is -2.04. The first-order valence-electron chi connectivity index (χ1n) is 6.67. The zero-order valence-electron chi connectivity index (χ0n) is 12.0. The lowest BCUT2D eigenvalue weighted by molar-refractivity contribution is -0.144. The van der Waals surface area contributed by atoms with Crippen LogP contribution < -0.4 is 5.32 Å². The van der Waals surface area contributed by atoms with E-state index in [1.165, 1.54) is 11.0 Å². The largest absolute Gasteiger partial charge is 0.465 e. The van der Waals surface area contributed by atoms with Gasteiger partial charge >= 0.3 is 5.97 Å². The number of rotatable bonds is 6. The molecular formula is C14H15BrN4O3. The van der Waals surface area contributed by atoms with Crippen LogP contribution in [0.1, 0.15) is 12.5 Å². The molecular weight excluding hydrogens is 352 g/mol. The number of hydrogen-bond acceptors (Lipinski definition) is 5. The summed E-state index contributed by atoms with van der Waals surface area (Å²) >= 11 is 3.39. The van der Waals surface area contributed by atoms with Gasteiger partial charge < -0.3 is 10.1 Å². The Morgan fingerprint density at radius 1 is 1.36 bits per heavy atom. The van der Waals surface area contributed by atoms with Crippen molar-refractivity contribution in [1.29, 1.82) is 0 Å². The fourth-order valence-electron chi connectivity index (χ4n) is 1.75. The second kappa shape index (κ2) is 7.69. The Balaban J connectivity index is 1.91. The molecule has 22 heavy (non-hydrogen) atoms. The fraction of sp³-hybridized carbons (Fsp3) is 0.286. The van der Waals surface area contributed by atoms with Gasteiger partial charge in [-0.05, 0) is 18.6 Å². The van der Waals surface area contributed by atoms with Crippen molar-refractivity contribution in [3.05, 3.63) is 40.5 Å². The van der Waals surface area contributed by atoms with Crippen molar-refractivity contribution in [3.8, 4) is 0 Å². The highest BCUT2D eigenvalue weighted by Crippen LogP contribution is 2.16. The minimum atomic E-state index is -0.427. The molecule has 0 atom stereocenters. The van der Waals surface area contributed by atoms with Crippen LogP contribution in [0.4, 0.5) is 5.82 Å². The third kappa shape index (κ3) is 4.66. The standard InChI is InChI=1S/C14H15BrN4O3/c1-2-22-14(21)9-19-16-8-12(18-19)17-13(20)7-10-5-3-4-6-11(10)15/h3-6,8H,2,7,9H2,1H3,(H,17,18,20). The van der Waals surface area contributed by atoms with E-state index in [-0.39, 0.29) is 18.9 Å². The van der Waals surface area contributed by atoms with Crippen LogP contribution in [0.5, 0.6) is 0 Å². The van der Waals surface area contributed by atoms with Gasteiger partial charge in [0.1, 0.15) is 0 Å². The average molecular weight is 367 g/mol. The Bertz CT molecular complexity index is 672. The lowest BCUT2D eigenvalue weighted by atomic mass is 10.1. The number of amides is 1. The van der Waals surface area contributed by atoms with Crippen LogP contribution in [-0.4, -0.2) is 33.5 Å². The quantitative estimate of drug-likeness (QED) is 0.787. The Kier molecular flexibility index (Phi) is 5.65. The molecule has 1 amide bonds. The lowest BCUT2D eigenvalue weighted by Crippen LogP contribution is -2.17. The molecule has 0 saturated carbocycles. The minimum Gasteiger partial charge on any atom is -0.465 e. The molecule has 0 aliphatic heterocycles. The number of carbonyl (C=O) groups excluding carboxylic acids is 2. The number of nitrogens with one attached hydrogen (secondary N) is 1. The van der Waals surface area contributed by atoms with Crippen LogP contribution in [0, 0.1) is 0 Å². The SMILES string of the molecule is CCOC(=O)Cn1ncc(NC(=O)Cc2ccccc2Br)n1. The first kappa shape index (κ1) is 16.2. The maximum absolute atomic E-state index is 12.0. The molecule has 116 valence electrons. The second-order valence-corrected chi connectivity index (χ2v) is 5.24. The molecule has 0 aliphatic carbocycles. The molecule has 1 N–H and O–H groups in total. The van der Waals surface area contributed by atoms with Gasteiger partial charge in [0.05, 0.1) is 19.2 Å². The Labute approximate surface area is 135 Å². The van der Waals surface area contributed by atoms with Crippen LogP contribution in [0.15, 0.2) is 34.9 Å². The number of carbonyl (C=O) groups is 2. The van der Waals surface area contributed by atoms with Crippen molar-refractivity contribution in [2.75, 3.05) is 11.9 Å². The van der Waals surface area contributed by atoms with Gasteiger partial charge in [-0.15, -0.1) is 5.10 Å². The summed E-state index contributed by atoms with van der Waals surface area (Å²) in [7, 11) is 0. The van der Waals surface area contributed by atoms with Gasteiger partial charge in [0, 0.05) is 4.47 Å². The van der Waals surface area contributed by atoms with Crippen molar-refractivity contribution < 1.29 is 14.3 Å². The summed E-state index contributed by atoms with van der Waals surface area (Å²) in [5, 5.41) is 10.5. The smallest absolute Gasteiger partial charge is 0.329 e. The molecule has 8 heteroatoms. The molecule has 2 aromatic rings. The zero-order valence-corrected chi connectivity index (χ0v) is 13.5. The number of ether oxygens (including phenoxy) is 1. The molecule has 0 spiro atoms. The number of anilines is 1. The third-order valence-electron chi connectivity index (χ3n) is 2.69. The fourth-order valence-corrected chi connectivity index (χ4v) is 2.18. The van der Waals surface area contributed by atoms with E-state index in [0.717, 1.165) is 10.0 Å². The van der Waals surface area contributed by atoms with Crippen molar-refractivity contribution in [1.82, 2.24) is 15.0 Å². The average Bonchev–Trinajstić information content (AvgIpc) is 2.88. The number of halogens is 1. The number of esters is 1. The third-order valence-corrected chi connectivity index (χ3v) is 3.46. The number of aromatic nitrogens is 3. The summed E-state index contributed by atoms with van der Waals surface area (Å²) in [6.07, 6.45) is 1.60. The highest BCUT2D eigenvalue weighted by molar-refractivity contribution is 9.10. The summed E-state index contributed by atoms with van der Waals surface area (Å²) in [4.78, 5) is 24.4. The van der Waals surface area contributed by atoms with E-state index in [1.54, 1.807) is 6.92 Å². The van der Waals surface area contributed by atoms with E-state index >= 15 is 0 Å². The predicted octanol–water partition coefficient (Wildman–Crippen LogP) is 1.78. The van der Waals surface area contributed by atoms with Gasteiger partial charge in [-0.25, -0.2) is 4.79 Å². The molecule has 0 saturated heterocycles. The molecule has 7 nitrogen and oxygen atoms in total. The van der Waals surface area contributed by atoms with Gasteiger partial charge in [-0.3, -0.25) is 4.79 Å². The van der Waals surface area contributed by atoms with E-state index in [2.05, 4.69) is 31.4 Å². The van der Waals surface area contributed by atoms with Crippen LogP contribution in [0.3, 0.4) is 0 Å². The summed E-state index contributed by atoms with van der Waals surface area (Å²) in [6.45, 7) is 1.94. The molecule has 0 fully saturated rings. The minimum absolute atomic E-state index is 0.0893. The van der Waals surface area contributed by atoms with E-state index in [9.17, 15) is 9.59 Å². The highest BCUT2D eigenvalue weighted by Gasteiger charge is 2.10. The first-order valence-corrected chi connectivity index (χ1v) is 7.46. The highest BCUT2D eigenvalue weighted by atomic mass is 79.9. The molecule has 0 aliphatic rings. The van der Waals surface area contributed by atoms with Gasteiger partial charge in [0.15, 0.2) is 12.4 Å². The van der Waals surface area contributed by atoms with Crippen molar-refractivity contribution in [2.24, 2.45) is 0 Å². The monoisotopic (exact) mass is 366 g/mol. The van der Waals surface area contributed by atoms with Crippen molar-refractivity contribution >= 4 is 33.6 Å². The summed E-state index contributed by atoms with van der Waals surface area (Å²) < 4.78 is 5.67. The van der Waals surface area contributed by atoms with Crippen LogP contribution >= 0.6 is 15.9 Å². The normalized spacial score (nSPS) is 10.3. The van der Waals surface area contributed by atoms with Crippen LogP contribution in [0.2, 0.25) is 0 Å². The molecule has 2 rings (SSSR count). The molecule has 0 unspecified atom stereocenters. The van der Waals surface area contributed by atoms with Crippen molar-refractivity contribution in [2.45, 2.75) is 19.9 Å². The maximum Gasteiger partial charge on any atom is 0.329 e. The molecule has 1 aromatic carbocycles. The van der Waals surface area contributed by atoms with E-state index in [4.69, 9.17) is 4.74 Å². The van der Waals surface area contributed by atoms with E-state index in [1.807, 2.05) is 24.3 Å². The van der Waals surface area contributed by atoms with Crippen LogP contribution in [0.25, 0.3) is 0 Å². The summed E-state index contributed by atoms with van der Waals surface area (Å²) in [6, 6.07) is 7.48. The number of hydrogen-bond donors (Lipinski definition) is 1. The molecule has 0 radical (unpaired) electrons. The van der Waals surface area contributed by atoms with E-state index in [0.29, 0.717) is 12.4 Å². The number of nitrogens with zero attached hydrogens (tertiary/aromatic N) is 3. The topological polar surface area (TPSA) is 86.1 Å². The Morgan fingerprint density at radius 3 is 2.86 bits per heavy atom. The predicted molar refractivity (Wildman–Crippen MR) is 83.1 cm³/mol. The Hall–Kier alpha value is -2.22. The van der Waals surface area contributed by atoms with Gasteiger partial charge in [0.25, 0.3) is 0 Å². The maximum atomic E-state index is 12.0. The second-order valence-electron chi connectivity index (χ2n) is 4.38. The molecule has 0 bridgehead atoms. The summed E-state index contributed by atoms with van der Waals surface area (Å²) in [5.41, 5.74) is 0.874. The van der Waals surface area contributed by atoms with Gasteiger partial charge in [0.2, 0.25) is 5.91 Å². The molecule has 1 aromatic heterocycles. The number of benzene rings is 1. The zero-order chi connectivity index (χ0) is 15.9. The van der Waals surface area contributed by atoms with Crippen LogP contribution in [-0.2, 0) is 27.3 Å². The first-order chi connectivity index (χ1) is 10.6. The van der Waals surface area contributed by atoms with Crippen molar-refractivity contribution in [3.63, 3.8) is 0 Å². The Morgan fingerprint density at radius 2 is 2.14 bits per heavy atom.